The highest BCUT2D eigenvalue weighted by Crippen LogP contribution is 2.49. The van der Waals surface area contributed by atoms with Crippen LogP contribution < -0.4 is 15.4 Å². The number of nitrogens with two attached hydrogens (primary N) is 1. The van der Waals surface area contributed by atoms with Gasteiger partial charge in [0.2, 0.25) is 5.88 Å². The summed E-state index contributed by atoms with van der Waals surface area (Å²) in [5.74, 6) is 1.38. The van der Waals surface area contributed by atoms with Crippen molar-refractivity contribution in [1.82, 2.24) is 4.98 Å². The average Bonchev–Trinajstić information content (AvgIpc) is 3.02. The van der Waals surface area contributed by atoms with Crippen molar-refractivity contribution in [2.45, 2.75) is 62.8 Å². The number of hydrogen-bond acceptors (Lipinski definition) is 5. The molecule has 1 unspecified atom stereocenters. The monoisotopic (exact) mass is 433 g/mol. The van der Waals surface area contributed by atoms with Crippen molar-refractivity contribution in [1.29, 1.82) is 0 Å². The van der Waals surface area contributed by atoms with Gasteiger partial charge < -0.3 is 15.4 Å². The average molecular weight is 434 g/mol. The molecule has 1 aromatic heterocycles. The number of rotatable bonds is 3. The molecule has 0 saturated carbocycles. The number of para-hydroxylation sites is 1. The normalized spacial score (nSPS) is 16.4. The number of benzene rings is 2. The van der Waals surface area contributed by atoms with E-state index in [0.29, 0.717) is 5.88 Å². The first kappa shape index (κ1) is 21.7. The highest BCUT2D eigenvalue weighted by molar-refractivity contribution is 8.00. The van der Waals surface area contributed by atoms with Gasteiger partial charge in [-0.25, -0.2) is 4.98 Å². The second-order valence-corrected chi connectivity index (χ2v) is 11.1. The maximum Gasteiger partial charge on any atom is 0.243 e. The molecule has 1 aliphatic rings. The number of pyridine rings is 1. The molecule has 2 heterocycles. The molecule has 1 atom stereocenters. The van der Waals surface area contributed by atoms with Gasteiger partial charge in [0.15, 0.2) is 0 Å². The summed E-state index contributed by atoms with van der Waals surface area (Å²) in [6, 6.07) is 18.7. The van der Waals surface area contributed by atoms with E-state index in [9.17, 15) is 0 Å². The number of ether oxygens (including phenoxy) is 1. The molecule has 1 aliphatic heterocycles. The molecule has 0 saturated heterocycles. The van der Waals surface area contributed by atoms with E-state index in [2.05, 4.69) is 75.7 Å². The Hall–Kier alpha value is -2.50. The standard InChI is InChI=1S/C26H31N3OS/c1-25(2,3)17-13-14-19-22(16-17)31-24(27)29(19)20-11-9-15-28-23(20)30-21-12-8-7-10-18(21)26(4,5)6/h7-16,24H,27H2,1-6H3. The summed E-state index contributed by atoms with van der Waals surface area (Å²) >= 11 is 1.67. The Morgan fingerprint density at radius 3 is 2.35 bits per heavy atom. The van der Waals surface area contributed by atoms with E-state index in [-0.39, 0.29) is 16.3 Å². The molecule has 0 bridgehead atoms. The minimum Gasteiger partial charge on any atom is -0.437 e. The molecule has 4 rings (SSSR count). The van der Waals surface area contributed by atoms with Gasteiger partial charge >= 0.3 is 0 Å². The van der Waals surface area contributed by atoms with E-state index in [0.717, 1.165) is 22.7 Å². The Morgan fingerprint density at radius 1 is 0.903 bits per heavy atom. The van der Waals surface area contributed by atoms with Crippen LogP contribution in [0.2, 0.25) is 0 Å². The van der Waals surface area contributed by atoms with Crippen LogP contribution in [0.5, 0.6) is 11.6 Å². The lowest BCUT2D eigenvalue weighted by atomic mass is 9.86. The first-order valence-corrected chi connectivity index (χ1v) is 11.5. The zero-order valence-corrected chi connectivity index (χ0v) is 20.0. The predicted octanol–water partition coefficient (Wildman–Crippen LogP) is 6.96. The van der Waals surface area contributed by atoms with Crippen LogP contribution in [0.25, 0.3) is 0 Å². The van der Waals surface area contributed by atoms with Crippen molar-refractivity contribution < 1.29 is 4.74 Å². The molecule has 0 radical (unpaired) electrons. The second-order valence-electron chi connectivity index (χ2n) is 9.99. The van der Waals surface area contributed by atoms with Crippen LogP contribution in [-0.4, -0.2) is 10.5 Å². The zero-order valence-electron chi connectivity index (χ0n) is 19.1. The lowest BCUT2D eigenvalue weighted by molar-refractivity contribution is 0.440. The molecule has 0 spiro atoms. The van der Waals surface area contributed by atoms with Gasteiger partial charge in [0, 0.05) is 16.7 Å². The first-order valence-electron chi connectivity index (χ1n) is 10.6. The van der Waals surface area contributed by atoms with Gasteiger partial charge in [-0.15, -0.1) is 0 Å². The molecule has 0 aliphatic carbocycles. The molecule has 31 heavy (non-hydrogen) atoms. The highest BCUT2D eigenvalue weighted by atomic mass is 32.2. The summed E-state index contributed by atoms with van der Waals surface area (Å²) in [5, 5.41) is 0. The molecule has 5 heteroatoms. The molecule has 3 aromatic rings. The molecule has 0 fully saturated rings. The van der Waals surface area contributed by atoms with Crippen LogP contribution in [0.1, 0.15) is 52.7 Å². The van der Waals surface area contributed by atoms with Gasteiger partial charge in [-0.3, -0.25) is 0 Å². The van der Waals surface area contributed by atoms with E-state index in [1.165, 1.54) is 10.5 Å². The minimum atomic E-state index is -0.241. The van der Waals surface area contributed by atoms with Crippen molar-refractivity contribution in [3.63, 3.8) is 0 Å². The number of thioether (sulfide) groups is 1. The highest BCUT2D eigenvalue weighted by Gasteiger charge is 2.32. The number of hydrogen-bond donors (Lipinski definition) is 1. The summed E-state index contributed by atoms with van der Waals surface area (Å²) in [5.41, 5.74) is 10.8. The zero-order chi connectivity index (χ0) is 22.4. The third-order valence-corrected chi connectivity index (χ3v) is 6.53. The molecule has 2 N–H and O–H groups in total. The van der Waals surface area contributed by atoms with Crippen molar-refractivity contribution in [3.8, 4) is 11.6 Å². The maximum absolute atomic E-state index is 6.59. The third-order valence-electron chi connectivity index (χ3n) is 5.50. The largest absolute Gasteiger partial charge is 0.437 e. The van der Waals surface area contributed by atoms with Crippen LogP contribution in [0.15, 0.2) is 65.7 Å². The number of fused-ring (bicyclic) bond motifs is 1. The van der Waals surface area contributed by atoms with Crippen molar-refractivity contribution >= 4 is 23.1 Å². The maximum atomic E-state index is 6.59. The van der Waals surface area contributed by atoms with E-state index in [1.807, 2.05) is 30.3 Å². The van der Waals surface area contributed by atoms with E-state index in [1.54, 1.807) is 18.0 Å². The van der Waals surface area contributed by atoms with Gasteiger partial charge in [0.1, 0.15) is 16.9 Å². The Kier molecular flexibility index (Phi) is 5.52. The van der Waals surface area contributed by atoms with E-state index in [4.69, 9.17) is 10.5 Å². The van der Waals surface area contributed by atoms with Gasteiger partial charge in [-0.1, -0.05) is 77.6 Å². The molecule has 162 valence electrons. The van der Waals surface area contributed by atoms with Crippen molar-refractivity contribution in [2.75, 3.05) is 4.90 Å². The molecule has 2 aromatic carbocycles. The van der Waals surface area contributed by atoms with Crippen LogP contribution >= 0.6 is 11.8 Å². The predicted molar refractivity (Wildman–Crippen MR) is 131 cm³/mol. The lowest BCUT2D eigenvalue weighted by Crippen LogP contribution is -2.32. The summed E-state index contributed by atoms with van der Waals surface area (Å²) in [6.07, 6.45) is 1.76. The fraction of sp³-hybridized carbons (Fsp3) is 0.346. The second kappa shape index (κ2) is 7.88. The summed E-state index contributed by atoms with van der Waals surface area (Å²) in [7, 11) is 0. The Labute approximate surface area is 189 Å². The minimum absolute atomic E-state index is 0.0403. The van der Waals surface area contributed by atoms with E-state index < -0.39 is 0 Å². The SMILES string of the molecule is CC(C)(C)c1ccc2c(c1)SC(N)N2c1cccnc1Oc1ccccc1C(C)(C)C. The molecular formula is C26H31N3OS. The van der Waals surface area contributed by atoms with Gasteiger partial charge in [0.25, 0.3) is 0 Å². The van der Waals surface area contributed by atoms with Crippen LogP contribution in [0.3, 0.4) is 0 Å². The van der Waals surface area contributed by atoms with Crippen LogP contribution in [0.4, 0.5) is 11.4 Å². The molecular weight excluding hydrogens is 402 g/mol. The van der Waals surface area contributed by atoms with Crippen LogP contribution in [-0.2, 0) is 10.8 Å². The lowest BCUT2D eigenvalue weighted by Gasteiger charge is -2.27. The smallest absolute Gasteiger partial charge is 0.243 e. The Bertz CT molecular complexity index is 1100. The topological polar surface area (TPSA) is 51.4 Å². The molecule has 4 nitrogen and oxygen atoms in total. The third kappa shape index (κ3) is 4.30. The molecule has 0 amide bonds. The van der Waals surface area contributed by atoms with E-state index >= 15 is 0 Å². The number of aromatic nitrogens is 1. The first-order chi connectivity index (χ1) is 14.6. The Morgan fingerprint density at radius 2 is 1.65 bits per heavy atom. The Balaban J connectivity index is 1.75. The van der Waals surface area contributed by atoms with Gasteiger partial charge in [0.05, 0.1) is 5.69 Å². The van der Waals surface area contributed by atoms with Gasteiger partial charge in [-0.2, -0.15) is 0 Å². The fourth-order valence-electron chi connectivity index (χ4n) is 3.78. The summed E-state index contributed by atoms with van der Waals surface area (Å²) < 4.78 is 6.40. The number of nitrogens with zero attached hydrogens (tertiary/aromatic N) is 2. The fourth-order valence-corrected chi connectivity index (χ4v) is 4.86. The quantitative estimate of drug-likeness (QED) is 0.484. The summed E-state index contributed by atoms with van der Waals surface area (Å²) in [6.45, 7) is 13.2. The van der Waals surface area contributed by atoms with Gasteiger partial charge in [-0.05, 0) is 46.7 Å². The van der Waals surface area contributed by atoms with Crippen molar-refractivity contribution in [2.24, 2.45) is 5.73 Å². The van der Waals surface area contributed by atoms with Crippen molar-refractivity contribution in [3.05, 3.63) is 71.9 Å². The summed E-state index contributed by atoms with van der Waals surface area (Å²) in [4.78, 5) is 7.88. The number of anilines is 2. The van der Waals surface area contributed by atoms with Crippen LogP contribution in [0, 0.1) is 0 Å².